The van der Waals surface area contributed by atoms with Gasteiger partial charge in [-0.25, -0.2) is 9.97 Å². The molecule has 7 rings (SSSR count). The van der Waals surface area contributed by atoms with Crippen LogP contribution in [-0.4, -0.2) is 49.1 Å². The van der Waals surface area contributed by atoms with Gasteiger partial charge >= 0.3 is 0 Å². The zero-order valence-electron chi connectivity index (χ0n) is 21.2. The molecule has 192 valence electrons. The number of carbonyl (C=O) groups excluding carboxylic acids is 1. The smallest absolute Gasteiger partial charge is 0.227 e. The molecule has 0 aromatic carbocycles. The quantitative estimate of drug-likeness (QED) is 0.282. The summed E-state index contributed by atoms with van der Waals surface area (Å²) in [5.41, 5.74) is 6.02. The molecule has 5 aromatic heterocycles. The summed E-state index contributed by atoms with van der Waals surface area (Å²) in [5.74, 6) is 1.22. The monoisotopic (exact) mass is 506 g/mol. The first kappa shape index (κ1) is 22.9. The standard InChI is InChI=1S/C29H30N8O/c38-29(18-6-2-3-7-18)33-21-12-19(15-30-17-21)20-13-23-26(35-36-27(23)32-16-20)25-14-22-24(34-25)8-9-31-28(22)37-10-4-1-5-11-37/h8-9,12-18,34H,1-7,10-11H2,(H,33,38)(H,32,35,36). The third kappa shape index (κ3) is 4.17. The molecule has 2 aliphatic rings. The molecule has 1 aliphatic heterocycles. The Bertz CT molecular complexity index is 1620. The molecule has 0 radical (unpaired) electrons. The van der Waals surface area contributed by atoms with Gasteiger partial charge in [0.1, 0.15) is 11.5 Å². The number of aromatic amines is 2. The van der Waals surface area contributed by atoms with E-state index < -0.39 is 0 Å². The van der Waals surface area contributed by atoms with Crippen LogP contribution in [-0.2, 0) is 4.79 Å². The van der Waals surface area contributed by atoms with Gasteiger partial charge in [-0.05, 0) is 56.4 Å². The van der Waals surface area contributed by atoms with Crippen LogP contribution in [0.15, 0.2) is 49.1 Å². The number of hydrogen-bond donors (Lipinski definition) is 3. The largest absolute Gasteiger partial charge is 0.356 e. The highest BCUT2D eigenvalue weighted by molar-refractivity contribution is 5.99. The van der Waals surface area contributed by atoms with Crippen molar-refractivity contribution in [1.29, 1.82) is 0 Å². The molecule has 1 aliphatic carbocycles. The maximum Gasteiger partial charge on any atom is 0.227 e. The van der Waals surface area contributed by atoms with E-state index in [2.05, 4.69) is 47.5 Å². The number of anilines is 2. The number of hydrogen-bond acceptors (Lipinski definition) is 6. The summed E-state index contributed by atoms with van der Waals surface area (Å²) in [6.07, 6.45) is 15.1. The second-order valence-electron chi connectivity index (χ2n) is 10.5. The minimum absolute atomic E-state index is 0.0874. The highest BCUT2D eigenvalue weighted by Gasteiger charge is 2.23. The topological polar surface area (TPSA) is 115 Å². The van der Waals surface area contributed by atoms with E-state index >= 15 is 0 Å². The van der Waals surface area contributed by atoms with E-state index in [4.69, 9.17) is 4.98 Å². The van der Waals surface area contributed by atoms with Crippen LogP contribution in [0, 0.1) is 5.92 Å². The molecule has 1 amide bonds. The number of nitrogens with zero attached hydrogens (tertiary/aromatic N) is 5. The predicted molar refractivity (Wildman–Crippen MR) is 149 cm³/mol. The summed E-state index contributed by atoms with van der Waals surface area (Å²) < 4.78 is 0. The van der Waals surface area contributed by atoms with Gasteiger partial charge < -0.3 is 15.2 Å². The van der Waals surface area contributed by atoms with Crippen LogP contribution < -0.4 is 10.2 Å². The molecule has 0 atom stereocenters. The van der Waals surface area contributed by atoms with E-state index in [9.17, 15) is 4.79 Å². The maximum atomic E-state index is 12.6. The molecule has 2 fully saturated rings. The molecule has 5 aromatic rings. The maximum absolute atomic E-state index is 12.6. The Hall–Kier alpha value is -4.27. The Balaban J connectivity index is 1.22. The molecule has 1 saturated heterocycles. The highest BCUT2D eigenvalue weighted by Crippen LogP contribution is 2.34. The number of pyridine rings is 3. The summed E-state index contributed by atoms with van der Waals surface area (Å²) in [6.45, 7) is 2.08. The van der Waals surface area contributed by atoms with E-state index in [1.165, 1.54) is 19.3 Å². The molecular formula is C29H30N8O. The first-order chi connectivity index (χ1) is 18.7. The van der Waals surface area contributed by atoms with Crippen LogP contribution in [0.3, 0.4) is 0 Å². The molecule has 1 saturated carbocycles. The van der Waals surface area contributed by atoms with Crippen molar-refractivity contribution < 1.29 is 4.79 Å². The van der Waals surface area contributed by atoms with Gasteiger partial charge in [0.15, 0.2) is 5.65 Å². The zero-order valence-corrected chi connectivity index (χ0v) is 21.2. The summed E-state index contributed by atoms with van der Waals surface area (Å²) in [6, 6.07) is 8.20. The Kier molecular flexibility index (Phi) is 5.76. The number of H-pyrrole nitrogens is 2. The minimum atomic E-state index is 0.0874. The molecule has 0 unspecified atom stereocenters. The average molecular weight is 507 g/mol. The van der Waals surface area contributed by atoms with Crippen LogP contribution in [0.1, 0.15) is 44.9 Å². The van der Waals surface area contributed by atoms with E-state index in [0.717, 1.165) is 89.0 Å². The number of rotatable bonds is 5. The van der Waals surface area contributed by atoms with Crippen molar-refractivity contribution in [2.75, 3.05) is 23.3 Å². The number of piperidine rings is 1. The Labute approximate surface area is 220 Å². The molecule has 0 spiro atoms. The number of fused-ring (bicyclic) bond motifs is 2. The van der Waals surface area contributed by atoms with E-state index in [0.29, 0.717) is 5.69 Å². The summed E-state index contributed by atoms with van der Waals surface area (Å²) in [7, 11) is 0. The van der Waals surface area contributed by atoms with E-state index in [1.54, 1.807) is 12.4 Å². The summed E-state index contributed by atoms with van der Waals surface area (Å²) in [5, 5.41) is 12.8. The van der Waals surface area contributed by atoms with Gasteiger partial charge in [0.25, 0.3) is 0 Å². The number of amides is 1. The normalized spacial score (nSPS) is 16.5. The first-order valence-corrected chi connectivity index (χ1v) is 13.6. The van der Waals surface area contributed by atoms with Gasteiger partial charge in [0.2, 0.25) is 5.91 Å². The Morgan fingerprint density at radius 3 is 2.63 bits per heavy atom. The Morgan fingerprint density at radius 1 is 0.921 bits per heavy atom. The average Bonchev–Trinajstić information content (AvgIpc) is 3.73. The van der Waals surface area contributed by atoms with Gasteiger partial charge in [-0.2, -0.15) is 5.10 Å². The van der Waals surface area contributed by atoms with Crippen LogP contribution in [0.5, 0.6) is 0 Å². The van der Waals surface area contributed by atoms with Crippen molar-refractivity contribution in [1.82, 2.24) is 30.1 Å². The lowest BCUT2D eigenvalue weighted by atomic mass is 10.1. The lowest BCUT2D eigenvalue weighted by molar-refractivity contribution is -0.119. The highest BCUT2D eigenvalue weighted by atomic mass is 16.1. The van der Waals surface area contributed by atoms with Crippen LogP contribution >= 0.6 is 0 Å². The minimum Gasteiger partial charge on any atom is -0.356 e. The number of carbonyl (C=O) groups is 1. The molecule has 9 nitrogen and oxygen atoms in total. The fraction of sp³-hybridized carbons (Fsp3) is 0.345. The van der Waals surface area contributed by atoms with Crippen LogP contribution in [0.25, 0.3) is 44.5 Å². The van der Waals surface area contributed by atoms with Crippen molar-refractivity contribution in [3.8, 4) is 22.5 Å². The fourth-order valence-electron chi connectivity index (χ4n) is 5.89. The molecular weight excluding hydrogens is 476 g/mol. The van der Waals surface area contributed by atoms with Crippen molar-refractivity contribution in [2.24, 2.45) is 5.92 Å². The number of nitrogens with one attached hydrogen (secondary N) is 3. The van der Waals surface area contributed by atoms with Crippen molar-refractivity contribution in [3.63, 3.8) is 0 Å². The van der Waals surface area contributed by atoms with E-state index in [1.807, 2.05) is 24.5 Å². The van der Waals surface area contributed by atoms with Crippen molar-refractivity contribution in [3.05, 3.63) is 49.1 Å². The van der Waals surface area contributed by atoms with Gasteiger partial charge in [0, 0.05) is 59.5 Å². The second-order valence-corrected chi connectivity index (χ2v) is 10.5. The predicted octanol–water partition coefficient (Wildman–Crippen LogP) is 5.68. The van der Waals surface area contributed by atoms with Crippen molar-refractivity contribution >= 4 is 39.3 Å². The third-order valence-electron chi connectivity index (χ3n) is 7.92. The lowest BCUT2D eigenvalue weighted by Crippen LogP contribution is -2.30. The summed E-state index contributed by atoms with van der Waals surface area (Å²) in [4.78, 5) is 32.3. The van der Waals surface area contributed by atoms with Crippen LogP contribution in [0.2, 0.25) is 0 Å². The van der Waals surface area contributed by atoms with Crippen LogP contribution in [0.4, 0.5) is 11.5 Å². The second kappa shape index (κ2) is 9.55. The van der Waals surface area contributed by atoms with E-state index in [-0.39, 0.29) is 11.8 Å². The SMILES string of the molecule is O=C(Nc1cncc(-c2cnc3[nH]nc(-c4cc5c(N6CCCCC6)nccc5[nH]4)c3c2)c1)C1CCCC1. The molecule has 0 bridgehead atoms. The van der Waals surface area contributed by atoms with Gasteiger partial charge in [0.05, 0.1) is 23.1 Å². The van der Waals surface area contributed by atoms with Gasteiger partial charge in [-0.3, -0.25) is 14.9 Å². The fourth-order valence-corrected chi connectivity index (χ4v) is 5.89. The lowest BCUT2D eigenvalue weighted by Gasteiger charge is -2.28. The first-order valence-electron chi connectivity index (χ1n) is 13.6. The third-order valence-corrected chi connectivity index (χ3v) is 7.92. The number of aromatic nitrogens is 6. The van der Waals surface area contributed by atoms with Gasteiger partial charge in [-0.15, -0.1) is 0 Å². The molecule has 9 heteroatoms. The van der Waals surface area contributed by atoms with Crippen molar-refractivity contribution in [2.45, 2.75) is 44.9 Å². The summed E-state index contributed by atoms with van der Waals surface area (Å²) >= 11 is 0. The van der Waals surface area contributed by atoms with Gasteiger partial charge in [-0.1, -0.05) is 12.8 Å². The Morgan fingerprint density at radius 2 is 1.76 bits per heavy atom. The molecule has 3 N–H and O–H groups in total. The molecule has 6 heterocycles. The zero-order chi connectivity index (χ0) is 25.5. The molecule has 38 heavy (non-hydrogen) atoms.